The number of carbonyl (C=O) groups excluding carboxylic acids is 2. The molecular formula is C20H18FNO5. The van der Waals surface area contributed by atoms with Gasteiger partial charge in [-0.3, -0.25) is 4.79 Å². The Bertz CT molecular complexity index is 995. The number of ether oxygens (including phenoxy) is 2. The number of esters is 1. The molecule has 0 aliphatic carbocycles. The lowest BCUT2D eigenvalue weighted by Gasteiger charge is -2.06. The van der Waals surface area contributed by atoms with Crippen LogP contribution in [0.25, 0.3) is 11.0 Å². The molecule has 0 aliphatic rings. The third-order valence-electron chi connectivity index (χ3n) is 3.89. The number of furan rings is 1. The number of amides is 1. The van der Waals surface area contributed by atoms with Gasteiger partial charge in [0.15, 0.2) is 6.61 Å². The minimum Gasteiger partial charge on any atom is -0.494 e. The first kappa shape index (κ1) is 18.4. The first-order chi connectivity index (χ1) is 13.0. The lowest BCUT2D eigenvalue weighted by atomic mass is 10.1. The summed E-state index contributed by atoms with van der Waals surface area (Å²) in [5.74, 6) is -1.32. The Morgan fingerprint density at radius 1 is 1.19 bits per heavy atom. The molecule has 0 saturated heterocycles. The second-order valence-electron chi connectivity index (χ2n) is 5.75. The number of nitrogens with one attached hydrogen (secondary N) is 1. The Morgan fingerprint density at radius 2 is 1.96 bits per heavy atom. The van der Waals surface area contributed by atoms with E-state index in [0.29, 0.717) is 23.5 Å². The molecule has 0 aliphatic heterocycles. The largest absolute Gasteiger partial charge is 0.494 e. The second kappa shape index (κ2) is 7.90. The highest BCUT2D eigenvalue weighted by Gasteiger charge is 2.20. The summed E-state index contributed by atoms with van der Waals surface area (Å²) in [7, 11) is 0. The molecule has 0 unspecified atom stereocenters. The minimum atomic E-state index is -0.773. The van der Waals surface area contributed by atoms with Crippen LogP contribution in [0.2, 0.25) is 0 Å². The fraction of sp³-hybridized carbons (Fsp3) is 0.200. The molecule has 1 amide bonds. The maximum atomic E-state index is 13.5. The zero-order valence-electron chi connectivity index (χ0n) is 14.9. The average molecular weight is 371 g/mol. The van der Waals surface area contributed by atoms with Crippen LogP contribution >= 0.6 is 0 Å². The monoisotopic (exact) mass is 371 g/mol. The van der Waals surface area contributed by atoms with Gasteiger partial charge in [-0.1, -0.05) is 12.1 Å². The van der Waals surface area contributed by atoms with Crippen molar-refractivity contribution in [2.24, 2.45) is 0 Å². The normalized spacial score (nSPS) is 10.6. The fourth-order valence-corrected chi connectivity index (χ4v) is 2.60. The summed E-state index contributed by atoms with van der Waals surface area (Å²) < 4.78 is 29.5. The molecule has 0 fully saturated rings. The van der Waals surface area contributed by atoms with Crippen molar-refractivity contribution in [3.05, 3.63) is 59.6 Å². The van der Waals surface area contributed by atoms with E-state index in [4.69, 9.17) is 13.9 Å². The fourth-order valence-electron chi connectivity index (χ4n) is 2.60. The van der Waals surface area contributed by atoms with Crippen LogP contribution in [0.3, 0.4) is 0 Å². The summed E-state index contributed by atoms with van der Waals surface area (Å²) in [4.78, 5) is 24.1. The van der Waals surface area contributed by atoms with E-state index >= 15 is 0 Å². The summed E-state index contributed by atoms with van der Waals surface area (Å²) in [5, 5.41) is 3.07. The summed E-state index contributed by atoms with van der Waals surface area (Å²) in [6.45, 7) is 3.56. The molecule has 3 aromatic rings. The Kier molecular flexibility index (Phi) is 5.40. The van der Waals surface area contributed by atoms with E-state index in [-0.39, 0.29) is 11.4 Å². The van der Waals surface area contributed by atoms with Gasteiger partial charge in [-0.15, -0.1) is 0 Å². The van der Waals surface area contributed by atoms with Crippen LogP contribution in [-0.2, 0) is 9.53 Å². The van der Waals surface area contributed by atoms with Crippen LogP contribution in [0.15, 0.2) is 46.9 Å². The molecule has 3 rings (SSSR count). The Hall–Kier alpha value is -3.35. The van der Waals surface area contributed by atoms with Crippen molar-refractivity contribution in [2.45, 2.75) is 13.8 Å². The van der Waals surface area contributed by atoms with E-state index in [0.717, 1.165) is 5.39 Å². The number of aryl methyl sites for hydroxylation is 1. The van der Waals surface area contributed by atoms with Gasteiger partial charge in [0.25, 0.3) is 5.91 Å². The number of halogens is 1. The van der Waals surface area contributed by atoms with Crippen LogP contribution < -0.4 is 10.1 Å². The van der Waals surface area contributed by atoms with Crippen LogP contribution in [0.1, 0.15) is 23.0 Å². The first-order valence-corrected chi connectivity index (χ1v) is 8.37. The topological polar surface area (TPSA) is 77.8 Å². The number of benzene rings is 2. The van der Waals surface area contributed by atoms with E-state index in [1.807, 2.05) is 6.92 Å². The number of anilines is 1. The molecule has 1 heterocycles. The van der Waals surface area contributed by atoms with E-state index < -0.39 is 24.3 Å². The summed E-state index contributed by atoms with van der Waals surface area (Å²) >= 11 is 0. The molecule has 0 saturated carbocycles. The Labute approximate surface area is 154 Å². The van der Waals surface area contributed by atoms with Crippen molar-refractivity contribution < 1.29 is 27.9 Å². The average Bonchev–Trinajstić information content (AvgIpc) is 2.98. The van der Waals surface area contributed by atoms with Crippen LogP contribution in [0, 0.1) is 12.7 Å². The van der Waals surface area contributed by atoms with Crippen molar-refractivity contribution in [1.29, 1.82) is 0 Å². The van der Waals surface area contributed by atoms with Gasteiger partial charge in [0.2, 0.25) is 5.76 Å². The van der Waals surface area contributed by atoms with Crippen LogP contribution in [0.4, 0.5) is 10.1 Å². The smallest absolute Gasteiger partial charge is 0.375 e. The van der Waals surface area contributed by atoms with E-state index in [9.17, 15) is 14.0 Å². The highest BCUT2D eigenvalue weighted by Crippen LogP contribution is 2.29. The number of rotatable bonds is 6. The lowest BCUT2D eigenvalue weighted by Crippen LogP contribution is -2.21. The third kappa shape index (κ3) is 4.08. The molecule has 0 spiro atoms. The molecule has 27 heavy (non-hydrogen) atoms. The standard InChI is InChI=1S/C20H18FNO5/c1-3-25-13-8-9-17-14(10-13)12(2)19(27-17)20(24)26-11-18(23)22-16-7-5-4-6-15(16)21/h4-10H,3,11H2,1-2H3,(H,22,23). The first-order valence-electron chi connectivity index (χ1n) is 8.37. The third-order valence-corrected chi connectivity index (χ3v) is 3.89. The van der Waals surface area contributed by atoms with E-state index in [1.54, 1.807) is 31.2 Å². The summed E-state index contributed by atoms with van der Waals surface area (Å²) in [5.41, 5.74) is 1.12. The van der Waals surface area contributed by atoms with Crippen molar-refractivity contribution in [1.82, 2.24) is 0 Å². The molecular weight excluding hydrogens is 353 g/mol. The summed E-state index contributed by atoms with van der Waals surface area (Å²) in [6, 6.07) is 10.9. The van der Waals surface area contributed by atoms with Gasteiger partial charge >= 0.3 is 5.97 Å². The highest BCUT2D eigenvalue weighted by molar-refractivity contribution is 5.98. The van der Waals surface area contributed by atoms with Gasteiger partial charge in [0.05, 0.1) is 12.3 Å². The van der Waals surface area contributed by atoms with E-state index in [2.05, 4.69) is 5.32 Å². The number of fused-ring (bicyclic) bond motifs is 1. The predicted molar refractivity (Wildman–Crippen MR) is 97.4 cm³/mol. The Balaban J connectivity index is 1.68. The zero-order valence-corrected chi connectivity index (χ0v) is 14.9. The molecule has 6 nitrogen and oxygen atoms in total. The van der Waals surface area contributed by atoms with Gasteiger partial charge in [-0.25, -0.2) is 9.18 Å². The molecule has 0 bridgehead atoms. The number of hydrogen-bond donors (Lipinski definition) is 1. The summed E-state index contributed by atoms with van der Waals surface area (Å²) in [6.07, 6.45) is 0. The molecule has 1 aromatic heterocycles. The maximum Gasteiger partial charge on any atom is 0.375 e. The lowest BCUT2D eigenvalue weighted by molar-refractivity contribution is -0.119. The predicted octanol–water partition coefficient (Wildman–Crippen LogP) is 4.07. The van der Waals surface area contributed by atoms with Gasteiger partial charge < -0.3 is 19.2 Å². The molecule has 2 aromatic carbocycles. The molecule has 0 atom stereocenters. The van der Waals surface area contributed by atoms with Gasteiger partial charge in [-0.05, 0) is 44.2 Å². The van der Waals surface area contributed by atoms with Crippen molar-refractivity contribution in [3.8, 4) is 5.75 Å². The quantitative estimate of drug-likeness (QED) is 0.661. The number of carbonyl (C=O) groups is 2. The molecule has 7 heteroatoms. The van der Waals surface area contributed by atoms with Crippen LogP contribution in [-0.4, -0.2) is 25.1 Å². The zero-order chi connectivity index (χ0) is 19.4. The van der Waals surface area contributed by atoms with Crippen molar-refractivity contribution in [3.63, 3.8) is 0 Å². The Morgan fingerprint density at radius 3 is 2.70 bits per heavy atom. The van der Waals surface area contributed by atoms with Crippen molar-refractivity contribution in [2.75, 3.05) is 18.5 Å². The highest BCUT2D eigenvalue weighted by atomic mass is 19.1. The number of para-hydroxylation sites is 1. The molecule has 140 valence electrons. The van der Waals surface area contributed by atoms with Crippen LogP contribution in [0.5, 0.6) is 5.75 Å². The SMILES string of the molecule is CCOc1ccc2oc(C(=O)OCC(=O)Nc3ccccc3F)c(C)c2c1. The van der Waals surface area contributed by atoms with Gasteiger partial charge in [0, 0.05) is 10.9 Å². The van der Waals surface area contributed by atoms with Gasteiger partial charge in [-0.2, -0.15) is 0 Å². The van der Waals surface area contributed by atoms with Crippen molar-refractivity contribution >= 4 is 28.5 Å². The molecule has 0 radical (unpaired) electrons. The second-order valence-corrected chi connectivity index (χ2v) is 5.75. The minimum absolute atomic E-state index is 0.0114. The van der Waals surface area contributed by atoms with Gasteiger partial charge in [0.1, 0.15) is 17.1 Å². The van der Waals surface area contributed by atoms with E-state index in [1.165, 1.54) is 18.2 Å². The maximum absolute atomic E-state index is 13.5. The number of hydrogen-bond acceptors (Lipinski definition) is 5. The molecule has 1 N–H and O–H groups in total.